The van der Waals surface area contributed by atoms with Gasteiger partial charge in [-0.25, -0.2) is 0 Å². The third-order valence-corrected chi connectivity index (χ3v) is 4.01. The summed E-state index contributed by atoms with van der Waals surface area (Å²) in [7, 11) is 0. The summed E-state index contributed by atoms with van der Waals surface area (Å²) in [4.78, 5) is 23.6. The SMILES string of the molecule is CCOc1ccc(CNC(=O)C(=O)NCCC2=CCCCC2)cc1. The highest BCUT2D eigenvalue weighted by Crippen LogP contribution is 2.19. The third-order valence-electron chi connectivity index (χ3n) is 4.01. The number of allylic oxidation sites excluding steroid dienone is 1. The van der Waals surface area contributed by atoms with Crippen molar-refractivity contribution in [3.8, 4) is 5.75 Å². The van der Waals surface area contributed by atoms with E-state index in [1.807, 2.05) is 31.2 Å². The fourth-order valence-corrected chi connectivity index (χ4v) is 2.68. The van der Waals surface area contributed by atoms with Crippen LogP contribution in [0.25, 0.3) is 0 Å². The van der Waals surface area contributed by atoms with Crippen molar-refractivity contribution in [2.45, 2.75) is 45.6 Å². The summed E-state index contributed by atoms with van der Waals surface area (Å²) in [6, 6.07) is 7.45. The van der Waals surface area contributed by atoms with Gasteiger partial charge in [0.25, 0.3) is 0 Å². The topological polar surface area (TPSA) is 67.4 Å². The first kappa shape index (κ1) is 18.0. The Hall–Kier alpha value is -2.30. The van der Waals surface area contributed by atoms with Crippen LogP contribution in [0.2, 0.25) is 0 Å². The standard InChI is InChI=1S/C19H26N2O3/c1-2-24-17-10-8-16(9-11-17)14-21-19(23)18(22)20-13-12-15-6-4-3-5-7-15/h6,8-11H,2-5,7,12-14H2,1H3,(H,20,22)(H,21,23). The second-order valence-electron chi connectivity index (χ2n) is 5.87. The highest BCUT2D eigenvalue weighted by molar-refractivity contribution is 6.35. The van der Waals surface area contributed by atoms with Gasteiger partial charge in [-0.2, -0.15) is 0 Å². The molecule has 5 nitrogen and oxygen atoms in total. The fraction of sp³-hybridized carbons (Fsp3) is 0.474. The summed E-state index contributed by atoms with van der Waals surface area (Å²) in [6.45, 7) is 3.38. The van der Waals surface area contributed by atoms with Gasteiger partial charge in [-0.05, 0) is 56.7 Å². The Labute approximate surface area is 143 Å². The molecule has 2 amide bonds. The summed E-state index contributed by atoms with van der Waals surface area (Å²) < 4.78 is 5.36. The monoisotopic (exact) mass is 330 g/mol. The molecule has 130 valence electrons. The van der Waals surface area contributed by atoms with Crippen LogP contribution >= 0.6 is 0 Å². The number of carbonyl (C=O) groups excluding carboxylic acids is 2. The number of carbonyl (C=O) groups is 2. The second-order valence-corrected chi connectivity index (χ2v) is 5.87. The minimum atomic E-state index is -0.596. The van der Waals surface area contributed by atoms with Gasteiger partial charge in [0.15, 0.2) is 0 Å². The Kier molecular flexibility index (Phi) is 7.33. The highest BCUT2D eigenvalue weighted by atomic mass is 16.5. The molecular formula is C19H26N2O3. The van der Waals surface area contributed by atoms with Crippen LogP contribution in [0, 0.1) is 0 Å². The van der Waals surface area contributed by atoms with Gasteiger partial charge in [-0.1, -0.05) is 23.8 Å². The average molecular weight is 330 g/mol. The molecule has 0 heterocycles. The van der Waals surface area contributed by atoms with E-state index in [-0.39, 0.29) is 0 Å². The molecule has 0 aliphatic heterocycles. The van der Waals surface area contributed by atoms with Crippen molar-refractivity contribution in [2.24, 2.45) is 0 Å². The van der Waals surface area contributed by atoms with Gasteiger partial charge in [0.1, 0.15) is 5.75 Å². The molecule has 0 spiro atoms. The molecule has 0 atom stereocenters. The van der Waals surface area contributed by atoms with E-state index in [1.54, 1.807) is 0 Å². The molecule has 0 radical (unpaired) electrons. The van der Waals surface area contributed by atoms with E-state index in [9.17, 15) is 9.59 Å². The van der Waals surface area contributed by atoms with Gasteiger partial charge in [-0.15, -0.1) is 0 Å². The third kappa shape index (κ3) is 6.07. The minimum absolute atomic E-state index is 0.323. The Morgan fingerprint density at radius 1 is 1.08 bits per heavy atom. The van der Waals surface area contributed by atoms with Crippen LogP contribution in [-0.4, -0.2) is 25.0 Å². The number of ether oxygens (including phenoxy) is 1. The summed E-state index contributed by atoms with van der Waals surface area (Å²) in [5.74, 6) is -0.374. The van der Waals surface area contributed by atoms with Gasteiger partial charge in [-0.3, -0.25) is 9.59 Å². The van der Waals surface area contributed by atoms with Crippen molar-refractivity contribution in [1.29, 1.82) is 0 Å². The van der Waals surface area contributed by atoms with Crippen LogP contribution in [0.5, 0.6) is 5.75 Å². The van der Waals surface area contributed by atoms with E-state index in [2.05, 4.69) is 16.7 Å². The zero-order valence-electron chi connectivity index (χ0n) is 14.3. The van der Waals surface area contributed by atoms with E-state index in [1.165, 1.54) is 18.4 Å². The van der Waals surface area contributed by atoms with Crippen LogP contribution in [0.15, 0.2) is 35.9 Å². The number of amides is 2. The van der Waals surface area contributed by atoms with Crippen molar-refractivity contribution < 1.29 is 14.3 Å². The molecule has 1 aromatic rings. The van der Waals surface area contributed by atoms with Crippen molar-refractivity contribution in [3.63, 3.8) is 0 Å². The number of nitrogens with one attached hydrogen (secondary N) is 2. The molecule has 0 aromatic heterocycles. The first-order valence-corrected chi connectivity index (χ1v) is 8.64. The lowest BCUT2D eigenvalue weighted by molar-refractivity contribution is -0.139. The van der Waals surface area contributed by atoms with Gasteiger partial charge >= 0.3 is 11.8 Å². The van der Waals surface area contributed by atoms with Crippen LogP contribution < -0.4 is 15.4 Å². The molecule has 0 saturated heterocycles. The Bertz CT molecular complexity index is 579. The minimum Gasteiger partial charge on any atom is -0.494 e. The van der Waals surface area contributed by atoms with E-state index in [0.29, 0.717) is 19.7 Å². The van der Waals surface area contributed by atoms with E-state index in [0.717, 1.165) is 30.6 Å². The van der Waals surface area contributed by atoms with E-state index < -0.39 is 11.8 Å². The summed E-state index contributed by atoms with van der Waals surface area (Å²) >= 11 is 0. The largest absolute Gasteiger partial charge is 0.494 e. The molecule has 1 aliphatic carbocycles. The molecule has 0 bridgehead atoms. The molecule has 5 heteroatoms. The van der Waals surface area contributed by atoms with Crippen molar-refractivity contribution >= 4 is 11.8 Å². The van der Waals surface area contributed by atoms with Crippen LogP contribution in [-0.2, 0) is 16.1 Å². The van der Waals surface area contributed by atoms with Crippen molar-refractivity contribution in [3.05, 3.63) is 41.5 Å². The van der Waals surface area contributed by atoms with Gasteiger partial charge in [0.05, 0.1) is 6.61 Å². The summed E-state index contributed by atoms with van der Waals surface area (Å²) in [5, 5.41) is 5.31. The normalized spacial score (nSPS) is 13.8. The summed E-state index contributed by atoms with van der Waals surface area (Å²) in [5.41, 5.74) is 2.31. The predicted octanol–water partition coefficient (Wildman–Crippen LogP) is 2.71. The lowest BCUT2D eigenvalue weighted by Gasteiger charge is -2.13. The number of hydrogen-bond acceptors (Lipinski definition) is 3. The molecular weight excluding hydrogens is 304 g/mol. The zero-order chi connectivity index (χ0) is 17.2. The van der Waals surface area contributed by atoms with Crippen LogP contribution in [0.1, 0.15) is 44.6 Å². The molecule has 0 unspecified atom stereocenters. The molecule has 1 aromatic carbocycles. The van der Waals surface area contributed by atoms with Crippen molar-refractivity contribution in [2.75, 3.05) is 13.2 Å². The lowest BCUT2D eigenvalue weighted by Crippen LogP contribution is -2.40. The second kappa shape index (κ2) is 9.75. The Morgan fingerprint density at radius 3 is 2.50 bits per heavy atom. The molecule has 0 saturated carbocycles. The number of rotatable bonds is 7. The molecule has 24 heavy (non-hydrogen) atoms. The van der Waals surface area contributed by atoms with Crippen LogP contribution in [0.3, 0.4) is 0 Å². The maximum atomic E-state index is 11.8. The van der Waals surface area contributed by atoms with E-state index in [4.69, 9.17) is 4.74 Å². The van der Waals surface area contributed by atoms with Gasteiger partial charge in [0.2, 0.25) is 0 Å². The quantitative estimate of drug-likeness (QED) is 0.597. The molecule has 1 aliphatic rings. The maximum absolute atomic E-state index is 11.8. The van der Waals surface area contributed by atoms with E-state index >= 15 is 0 Å². The Balaban J connectivity index is 1.67. The first-order chi connectivity index (χ1) is 11.7. The maximum Gasteiger partial charge on any atom is 0.309 e. The van der Waals surface area contributed by atoms with Crippen LogP contribution in [0.4, 0.5) is 0 Å². The Morgan fingerprint density at radius 2 is 1.83 bits per heavy atom. The smallest absolute Gasteiger partial charge is 0.309 e. The first-order valence-electron chi connectivity index (χ1n) is 8.64. The predicted molar refractivity (Wildman–Crippen MR) is 93.6 cm³/mol. The lowest BCUT2D eigenvalue weighted by atomic mass is 9.97. The molecule has 0 fully saturated rings. The fourth-order valence-electron chi connectivity index (χ4n) is 2.68. The number of benzene rings is 1. The number of hydrogen-bond donors (Lipinski definition) is 2. The summed E-state index contributed by atoms with van der Waals surface area (Å²) in [6.07, 6.45) is 7.80. The molecule has 2 rings (SSSR count). The average Bonchev–Trinajstić information content (AvgIpc) is 2.62. The molecule has 2 N–H and O–H groups in total. The zero-order valence-corrected chi connectivity index (χ0v) is 14.3. The van der Waals surface area contributed by atoms with Gasteiger partial charge < -0.3 is 15.4 Å². The van der Waals surface area contributed by atoms with Gasteiger partial charge in [0, 0.05) is 13.1 Å². The van der Waals surface area contributed by atoms with Crippen molar-refractivity contribution in [1.82, 2.24) is 10.6 Å². The highest BCUT2D eigenvalue weighted by Gasteiger charge is 2.13.